The molecule has 13 heavy (non-hydrogen) atoms. The molecule has 0 spiro atoms. The molecule has 0 rings (SSSR count). The van der Waals surface area contributed by atoms with E-state index in [0.29, 0.717) is 6.42 Å². The molecule has 3 heteroatoms. The van der Waals surface area contributed by atoms with Crippen molar-refractivity contribution in [2.24, 2.45) is 0 Å². The van der Waals surface area contributed by atoms with Crippen LogP contribution >= 0.6 is 0 Å². The van der Waals surface area contributed by atoms with Gasteiger partial charge in [0.2, 0.25) is 0 Å². The summed E-state index contributed by atoms with van der Waals surface area (Å²) >= 11 is 0. The Kier molecular flexibility index (Phi) is 7.69. The quantitative estimate of drug-likeness (QED) is 0.574. The number of rotatable bonds is 8. The number of aliphatic hydroxyl groups is 1. The van der Waals surface area contributed by atoms with Gasteiger partial charge >= 0.3 is 5.97 Å². The van der Waals surface area contributed by atoms with Gasteiger partial charge in [0.05, 0.1) is 6.10 Å². The van der Waals surface area contributed by atoms with Gasteiger partial charge in [0.15, 0.2) is 0 Å². The Bertz CT molecular complexity index is 134. The maximum absolute atomic E-state index is 10.2. The van der Waals surface area contributed by atoms with Crippen molar-refractivity contribution in [1.82, 2.24) is 0 Å². The molecule has 0 heterocycles. The van der Waals surface area contributed by atoms with Crippen molar-refractivity contribution in [3.63, 3.8) is 0 Å². The summed E-state index contributed by atoms with van der Waals surface area (Å²) in [5.74, 6) is -0.826. The van der Waals surface area contributed by atoms with E-state index in [1.54, 1.807) is 0 Å². The van der Waals surface area contributed by atoms with Crippen molar-refractivity contribution >= 4 is 5.97 Å². The highest BCUT2D eigenvalue weighted by atomic mass is 16.4. The first-order valence-corrected chi connectivity index (χ1v) is 5.06. The first kappa shape index (κ1) is 12.4. The summed E-state index contributed by atoms with van der Waals surface area (Å²) in [5, 5.41) is 17.7. The summed E-state index contributed by atoms with van der Waals surface area (Å²) in [6.07, 6.45) is 5.32. The maximum Gasteiger partial charge on any atom is 0.303 e. The van der Waals surface area contributed by atoms with Gasteiger partial charge in [0.25, 0.3) is 0 Å². The maximum atomic E-state index is 10.2. The first-order valence-electron chi connectivity index (χ1n) is 5.06. The summed E-state index contributed by atoms with van der Waals surface area (Å²) in [7, 11) is 0. The van der Waals surface area contributed by atoms with Crippen molar-refractivity contribution in [2.75, 3.05) is 0 Å². The van der Waals surface area contributed by atoms with E-state index in [9.17, 15) is 9.90 Å². The van der Waals surface area contributed by atoms with Gasteiger partial charge in [-0.2, -0.15) is 0 Å². The van der Waals surface area contributed by atoms with Crippen molar-refractivity contribution in [3.05, 3.63) is 0 Å². The average molecular weight is 188 g/mol. The number of unbranched alkanes of at least 4 members (excludes halogenated alkanes) is 3. The van der Waals surface area contributed by atoms with Crippen molar-refractivity contribution < 1.29 is 15.0 Å². The van der Waals surface area contributed by atoms with E-state index < -0.39 is 12.1 Å². The Morgan fingerprint density at radius 2 is 1.92 bits per heavy atom. The van der Waals surface area contributed by atoms with Crippen LogP contribution in [0.15, 0.2) is 0 Å². The van der Waals surface area contributed by atoms with Gasteiger partial charge in [-0.15, -0.1) is 0 Å². The molecule has 0 aliphatic carbocycles. The second-order valence-electron chi connectivity index (χ2n) is 3.44. The van der Waals surface area contributed by atoms with E-state index in [4.69, 9.17) is 5.11 Å². The standard InChI is InChI=1S/C10H20O3/c1-2-3-4-5-6-9(11)7-8-10(12)13/h9,11H,2-8H2,1H3,(H,12,13)/t9-/m0/s1. The Morgan fingerprint density at radius 3 is 2.46 bits per heavy atom. The number of carboxylic acid groups (broad SMARTS) is 1. The van der Waals surface area contributed by atoms with E-state index in [1.165, 1.54) is 12.8 Å². The van der Waals surface area contributed by atoms with Gasteiger partial charge in [-0.3, -0.25) is 4.79 Å². The number of aliphatic hydroxyl groups excluding tert-OH is 1. The van der Waals surface area contributed by atoms with E-state index in [0.717, 1.165) is 19.3 Å². The lowest BCUT2D eigenvalue weighted by molar-refractivity contribution is -0.137. The fourth-order valence-electron chi connectivity index (χ4n) is 1.24. The van der Waals surface area contributed by atoms with E-state index in [-0.39, 0.29) is 6.42 Å². The van der Waals surface area contributed by atoms with Gasteiger partial charge < -0.3 is 10.2 Å². The van der Waals surface area contributed by atoms with Crippen LogP contribution in [0.4, 0.5) is 0 Å². The van der Waals surface area contributed by atoms with Gasteiger partial charge in [-0.05, 0) is 12.8 Å². The fraction of sp³-hybridized carbons (Fsp3) is 0.900. The minimum atomic E-state index is -0.826. The molecule has 3 nitrogen and oxygen atoms in total. The van der Waals surface area contributed by atoms with Gasteiger partial charge in [0, 0.05) is 6.42 Å². The predicted octanol–water partition coefficient (Wildman–Crippen LogP) is 2.18. The third-order valence-electron chi connectivity index (χ3n) is 2.08. The minimum absolute atomic E-state index is 0.0783. The van der Waals surface area contributed by atoms with E-state index >= 15 is 0 Å². The van der Waals surface area contributed by atoms with Gasteiger partial charge in [0.1, 0.15) is 0 Å². The summed E-state index contributed by atoms with van der Waals surface area (Å²) in [6, 6.07) is 0. The van der Waals surface area contributed by atoms with Crippen LogP contribution < -0.4 is 0 Å². The Morgan fingerprint density at radius 1 is 1.23 bits per heavy atom. The minimum Gasteiger partial charge on any atom is -0.481 e. The summed E-state index contributed by atoms with van der Waals surface area (Å²) in [6.45, 7) is 2.14. The molecule has 0 amide bonds. The number of hydrogen-bond donors (Lipinski definition) is 2. The van der Waals surface area contributed by atoms with Crippen LogP contribution in [0.5, 0.6) is 0 Å². The molecule has 0 radical (unpaired) electrons. The zero-order valence-electron chi connectivity index (χ0n) is 8.33. The molecule has 0 aromatic carbocycles. The third-order valence-corrected chi connectivity index (χ3v) is 2.08. The molecule has 0 unspecified atom stereocenters. The highest BCUT2D eigenvalue weighted by molar-refractivity contribution is 5.66. The summed E-state index contributed by atoms with van der Waals surface area (Å²) < 4.78 is 0. The summed E-state index contributed by atoms with van der Waals surface area (Å²) in [5.41, 5.74) is 0. The largest absolute Gasteiger partial charge is 0.481 e. The van der Waals surface area contributed by atoms with Crippen LogP contribution in [0.2, 0.25) is 0 Å². The molecule has 0 aliphatic rings. The summed E-state index contributed by atoms with van der Waals surface area (Å²) in [4.78, 5) is 10.2. The van der Waals surface area contributed by atoms with Crippen molar-refractivity contribution in [2.45, 2.75) is 58.0 Å². The lowest BCUT2D eigenvalue weighted by Crippen LogP contribution is -2.09. The Balaban J connectivity index is 3.19. The van der Waals surface area contributed by atoms with Crippen LogP contribution in [0.1, 0.15) is 51.9 Å². The Labute approximate surface area is 79.8 Å². The molecule has 0 saturated heterocycles. The van der Waals surface area contributed by atoms with Crippen LogP contribution in [-0.4, -0.2) is 22.3 Å². The van der Waals surface area contributed by atoms with Crippen molar-refractivity contribution in [3.8, 4) is 0 Å². The van der Waals surface area contributed by atoms with Crippen molar-refractivity contribution in [1.29, 1.82) is 0 Å². The number of carbonyl (C=O) groups is 1. The molecule has 0 bridgehead atoms. The number of aliphatic carboxylic acids is 1. The van der Waals surface area contributed by atoms with Gasteiger partial charge in [-0.1, -0.05) is 32.6 Å². The highest BCUT2D eigenvalue weighted by Gasteiger charge is 2.06. The fourth-order valence-corrected chi connectivity index (χ4v) is 1.24. The van der Waals surface area contributed by atoms with Gasteiger partial charge in [-0.25, -0.2) is 0 Å². The molecule has 0 saturated carbocycles. The van der Waals surface area contributed by atoms with Crippen LogP contribution in [0.3, 0.4) is 0 Å². The molecule has 0 aromatic rings. The number of hydrogen-bond acceptors (Lipinski definition) is 2. The van der Waals surface area contributed by atoms with Crippen LogP contribution in [0, 0.1) is 0 Å². The van der Waals surface area contributed by atoms with Crippen LogP contribution in [-0.2, 0) is 4.79 Å². The molecule has 0 aliphatic heterocycles. The molecular formula is C10H20O3. The van der Waals surface area contributed by atoms with E-state index in [2.05, 4.69) is 6.92 Å². The SMILES string of the molecule is CCCCCC[C@H](O)CCC(=O)O. The predicted molar refractivity (Wildman–Crippen MR) is 51.6 cm³/mol. The normalized spacial score (nSPS) is 12.8. The third kappa shape index (κ3) is 9.34. The smallest absolute Gasteiger partial charge is 0.303 e. The zero-order chi connectivity index (χ0) is 10.1. The lowest BCUT2D eigenvalue weighted by Gasteiger charge is -2.07. The molecule has 2 N–H and O–H groups in total. The highest BCUT2D eigenvalue weighted by Crippen LogP contribution is 2.09. The topological polar surface area (TPSA) is 57.5 Å². The molecule has 0 aromatic heterocycles. The molecule has 0 fully saturated rings. The zero-order valence-corrected chi connectivity index (χ0v) is 8.33. The molecule has 78 valence electrons. The average Bonchev–Trinajstić information content (AvgIpc) is 2.09. The molecular weight excluding hydrogens is 168 g/mol. The van der Waals surface area contributed by atoms with Crippen LogP contribution in [0.25, 0.3) is 0 Å². The number of carboxylic acids is 1. The second kappa shape index (κ2) is 8.05. The second-order valence-corrected chi connectivity index (χ2v) is 3.44. The Hall–Kier alpha value is -0.570. The monoisotopic (exact) mass is 188 g/mol. The van der Waals surface area contributed by atoms with E-state index in [1.807, 2.05) is 0 Å². The lowest BCUT2D eigenvalue weighted by atomic mass is 10.1. The molecule has 1 atom stereocenters. The first-order chi connectivity index (χ1) is 6.16.